The van der Waals surface area contributed by atoms with Crippen molar-refractivity contribution in [2.75, 3.05) is 59.0 Å². The molecular formula is C24H36N4O5. The SMILES string of the molecule is CCOc1ccccc1NC(=O)N(CCCOC)CC(=O)N(CCOC)Cc1cccn1C. The summed E-state index contributed by atoms with van der Waals surface area (Å²) < 4.78 is 17.9. The van der Waals surface area contributed by atoms with Gasteiger partial charge in [-0.3, -0.25) is 4.79 Å². The third-order valence-electron chi connectivity index (χ3n) is 5.14. The molecule has 0 spiro atoms. The second kappa shape index (κ2) is 14.2. The number of ether oxygens (including phenoxy) is 3. The van der Waals surface area contributed by atoms with Gasteiger partial charge in [0.2, 0.25) is 5.91 Å². The molecule has 0 atom stereocenters. The zero-order chi connectivity index (χ0) is 24.1. The summed E-state index contributed by atoms with van der Waals surface area (Å²) in [6, 6.07) is 10.8. The van der Waals surface area contributed by atoms with Gasteiger partial charge in [0.15, 0.2) is 0 Å². The van der Waals surface area contributed by atoms with E-state index in [1.807, 2.05) is 49.0 Å². The van der Waals surface area contributed by atoms with Gasteiger partial charge in [-0.25, -0.2) is 4.79 Å². The molecule has 0 radical (unpaired) electrons. The van der Waals surface area contributed by atoms with Crippen LogP contribution in [0.2, 0.25) is 0 Å². The van der Waals surface area contributed by atoms with Gasteiger partial charge in [-0.1, -0.05) is 12.1 Å². The minimum Gasteiger partial charge on any atom is -0.492 e. The largest absolute Gasteiger partial charge is 0.492 e. The highest BCUT2D eigenvalue weighted by Crippen LogP contribution is 2.24. The number of nitrogens with one attached hydrogen (secondary N) is 1. The van der Waals surface area contributed by atoms with Gasteiger partial charge in [-0.15, -0.1) is 0 Å². The third-order valence-corrected chi connectivity index (χ3v) is 5.14. The van der Waals surface area contributed by atoms with E-state index in [2.05, 4.69) is 5.32 Å². The van der Waals surface area contributed by atoms with Crippen molar-refractivity contribution in [1.29, 1.82) is 0 Å². The third kappa shape index (κ3) is 8.43. The first-order valence-electron chi connectivity index (χ1n) is 11.1. The maximum atomic E-state index is 13.2. The van der Waals surface area contributed by atoms with E-state index in [0.717, 1.165) is 5.69 Å². The summed E-state index contributed by atoms with van der Waals surface area (Å²) in [5, 5.41) is 2.89. The Bertz CT molecular complexity index is 870. The number of rotatable bonds is 14. The van der Waals surface area contributed by atoms with Crippen molar-refractivity contribution in [3.63, 3.8) is 0 Å². The molecule has 2 rings (SSSR count). The fraction of sp³-hybridized carbons (Fsp3) is 0.500. The van der Waals surface area contributed by atoms with E-state index in [0.29, 0.717) is 57.3 Å². The second-order valence-electron chi connectivity index (χ2n) is 7.55. The molecule has 1 heterocycles. The number of hydrogen-bond donors (Lipinski definition) is 1. The van der Waals surface area contributed by atoms with E-state index in [1.165, 1.54) is 4.90 Å². The Morgan fingerprint density at radius 3 is 2.42 bits per heavy atom. The van der Waals surface area contributed by atoms with Crippen LogP contribution in [0.1, 0.15) is 19.0 Å². The molecule has 3 amide bonds. The van der Waals surface area contributed by atoms with Gasteiger partial charge < -0.3 is 33.9 Å². The molecule has 1 N–H and O–H groups in total. The molecule has 0 saturated heterocycles. The van der Waals surface area contributed by atoms with Crippen molar-refractivity contribution in [2.45, 2.75) is 19.9 Å². The van der Waals surface area contributed by atoms with Crippen molar-refractivity contribution >= 4 is 17.6 Å². The number of urea groups is 1. The molecule has 9 heteroatoms. The molecule has 0 aliphatic heterocycles. The van der Waals surface area contributed by atoms with Crippen molar-refractivity contribution in [1.82, 2.24) is 14.4 Å². The molecule has 0 aliphatic rings. The Labute approximate surface area is 196 Å². The predicted molar refractivity (Wildman–Crippen MR) is 127 cm³/mol. The van der Waals surface area contributed by atoms with Gasteiger partial charge in [0.05, 0.1) is 25.4 Å². The maximum Gasteiger partial charge on any atom is 0.322 e. The topological polar surface area (TPSA) is 85.3 Å². The Morgan fingerprint density at radius 1 is 1.00 bits per heavy atom. The lowest BCUT2D eigenvalue weighted by atomic mass is 10.3. The number of amides is 3. The maximum absolute atomic E-state index is 13.2. The van der Waals surface area contributed by atoms with Gasteiger partial charge >= 0.3 is 6.03 Å². The molecule has 2 aromatic rings. The number of methoxy groups -OCH3 is 2. The number of benzene rings is 1. The smallest absolute Gasteiger partial charge is 0.322 e. The molecule has 1 aromatic heterocycles. The lowest BCUT2D eigenvalue weighted by Crippen LogP contribution is -2.45. The Morgan fingerprint density at radius 2 is 1.76 bits per heavy atom. The average Bonchev–Trinajstić information content (AvgIpc) is 3.21. The standard InChI is InChI=1S/C24H36N4O5/c1-5-33-22-12-7-6-11-21(22)25-24(30)28(14-9-16-31-3)19-23(29)27(15-17-32-4)18-20-10-8-13-26(20)2/h6-8,10-13H,5,9,14-19H2,1-4H3,(H,25,30). The van der Waals surface area contributed by atoms with Crippen LogP contribution in [0.3, 0.4) is 0 Å². The average molecular weight is 461 g/mol. The van der Waals surface area contributed by atoms with Gasteiger partial charge in [0.25, 0.3) is 0 Å². The Balaban J connectivity index is 2.14. The Hall–Kier alpha value is -3.04. The summed E-state index contributed by atoms with van der Waals surface area (Å²) >= 11 is 0. The highest BCUT2D eigenvalue weighted by molar-refractivity contribution is 5.93. The second-order valence-corrected chi connectivity index (χ2v) is 7.55. The van der Waals surface area contributed by atoms with Crippen LogP contribution in [-0.2, 0) is 27.9 Å². The van der Waals surface area contributed by atoms with Crippen LogP contribution >= 0.6 is 0 Å². The molecule has 0 unspecified atom stereocenters. The molecule has 0 aliphatic carbocycles. The first kappa shape index (κ1) is 26.2. The van der Waals surface area contributed by atoms with Crippen molar-refractivity contribution < 1.29 is 23.8 Å². The Kier molecular flexibility index (Phi) is 11.3. The van der Waals surface area contributed by atoms with Crippen LogP contribution in [0, 0.1) is 0 Å². The van der Waals surface area contributed by atoms with Gasteiger partial charge in [0, 0.05) is 52.9 Å². The van der Waals surface area contributed by atoms with E-state index >= 15 is 0 Å². The molecule has 182 valence electrons. The molecule has 0 bridgehead atoms. The summed E-state index contributed by atoms with van der Waals surface area (Å²) in [5.41, 5.74) is 1.56. The number of carbonyl (C=O) groups is 2. The summed E-state index contributed by atoms with van der Waals surface area (Å²) in [7, 11) is 5.15. The van der Waals surface area contributed by atoms with Crippen LogP contribution < -0.4 is 10.1 Å². The number of para-hydroxylation sites is 2. The molecule has 1 aromatic carbocycles. The lowest BCUT2D eigenvalue weighted by molar-refractivity contribution is -0.133. The molecule has 0 fully saturated rings. The highest BCUT2D eigenvalue weighted by atomic mass is 16.5. The van der Waals surface area contributed by atoms with Crippen LogP contribution in [0.15, 0.2) is 42.6 Å². The zero-order valence-corrected chi connectivity index (χ0v) is 20.1. The molecular weight excluding hydrogens is 424 g/mol. The van der Waals surface area contributed by atoms with Crippen molar-refractivity contribution in [3.05, 3.63) is 48.3 Å². The first-order chi connectivity index (χ1) is 16.0. The zero-order valence-electron chi connectivity index (χ0n) is 20.1. The van der Waals surface area contributed by atoms with Crippen LogP contribution in [0.4, 0.5) is 10.5 Å². The van der Waals surface area contributed by atoms with E-state index in [9.17, 15) is 9.59 Å². The van der Waals surface area contributed by atoms with Gasteiger partial charge in [0.1, 0.15) is 12.3 Å². The van der Waals surface area contributed by atoms with E-state index in [4.69, 9.17) is 14.2 Å². The fourth-order valence-corrected chi connectivity index (χ4v) is 3.31. The summed E-state index contributed by atoms with van der Waals surface area (Å²) in [6.45, 7) is 4.46. The van der Waals surface area contributed by atoms with Gasteiger partial charge in [-0.05, 0) is 37.6 Å². The number of aromatic nitrogens is 1. The number of aryl methyl sites for hydroxylation is 1. The quantitative estimate of drug-likeness (QED) is 0.438. The number of anilines is 1. The number of carbonyl (C=O) groups excluding carboxylic acids is 2. The summed E-state index contributed by atoms with van der Waals surface area (Å²) in [5.74, 6) is 0.431. The minimum atomic E-state index is -0.364. The van der Waals surface area contributed by atoms with Crippen LogP contribution in [0.25, 0.3) is 0 Å². The van der Waals surface area contributed by atoms with Crippen molar-refractivity contribution in [2.24, 2.45) is 7.05 Å². The van der Waals surface area contributed by atoms with Crippen LogP contribution in [0.5, 0.6) is 5.75 Å². The van der Waals surface area contributed by atoms with E-state index < -0.39 is 0 Å². The van der Waals surface area contributed by atoms with E-state index in [1.54, 1.807) is 31.3 Å². The predicted octanol–water partition coefficient (Wildman–Crippen LogP) is 2.97. The number of nitrogens with zero attached hydrogens (tertiary/aromatic N) is 3. The molecule has 33 heavy (non-hydrogen) atoms. The minimum absolute atomic E-state index is 0.0551. The fourth-order valence-electron chi connectivity index (χ4n) is 3.31. The lowest BCUT2D eigenvalue weighted by Gasteiger charge is -2.28. The first-order valence-corrected chi connectivity index (χ1v) is 11.1. The summed E-state index contributed by atoms with van der Waals surface area (Å²) in [4.78, 5) is 29.6. The molecule has 9 nitrogen and oxygen atoms in total. The number of hydrogen-bond acceptors (Lipinski definition) is 5. The van der Waals surface area contributed by atoms with Crippen LogP contribution in [-0.4, -0.2) is 80.0 Å². The monoisotopic (exact) mass is 460 g/mol. The van der Waals surface area contributed by atoms with E-state index in [-0.39, 0.29) is 18.5 Å². The highest BCUT2D eigenvalue weighted by Gasteiger charge is 2.22. The van der Waals surface area contributed by atoms with Crippen molar-refractivity contribution in [3.8, 4) is 5.75 Å². The molecule has 0 saturated carbocycles. The van der Waals surface area contributed by atoms with Gasteiger partial charge in [-0.2, -0.15) is 0 Å². The normalized spacial score (nSPS) is 10.7. The summed E-state index contributed by atoms with van der Waals surface area (Å²) in [6.07, 6.45) is 2.55.